The summed E-state index contributed by atoms with van der Waals surface area (Å²) in [5.41, 5.74) is 0.974. The molecule has 158 valence electrons. The molecule has 0 spiro atoms. The molecule has 1 aromatic rings. The lowest BCUT2D eigenvalue weighted by Crippen LogP contribution is -2.43. The van der Waals surface area contributed by atoms with Gasteiger partial charge in [0.25, 0.3) is 0 Å². The van der Waals surface area contributed by atoms with Gasteiger partial charge in [0.05, 0.1) is 12.6 Å². The third kappa shape index (κ3) is 6.36. The third-order valence-electron chi connectivity index (χ3n) is 5.36. The second-order valence-electron chi connectivity index (χ2n) is 7.23. The van der Waals surface area contributed by atoms with Crippen molar-refractivity contribution in [1.29, 1.82) is 0 Å². The van der Waals surface area contributed by atoms with Gasteiger partial charge in [0.1, 0.15) is 0 Å². The van der Waals surface area contributed by atoms with Gasteiger partial charge in [-0.2, -0.15) is 0 Å². The maximum absolute atomic E-state index is 6.55. The van der Waals surface area contributed by atoms with Crippen LogP contribution in [0.1, 0.15) is 38.2 Å². The molecule has 2 heterocycles. The Balaban J connectivity index is 0.00000280. The fourth-order valence-electron chi connectivity index (χ4n) is 3.78. The number of nitrogens with zero attached hydrogens (tertiary/aromatic N) is 1. The first-order chi connectivity index (χ1) is 13.1. The van der Waals surface area contributed by atoms with Crippen LogP contribution in [0, 0.1) is 0 Å². The van der Waals surface area contributed by atoms with Crippen LogP contribution in [0.2, 0.25) is 10.0 Å². The summed E-state index contributed by atoms with van der Waals surface area (Å²) in [6.45, 7) is 6.61. The summed E-state index contributed by atoms with van der Waals surface area (Å²) >= 11 is 12.7. The van der Waals surface area contributed by atoms with E-state index in [1.54, 1.807) is 0 Å². The number of halogens is 3. The van der Waals surface area contributed by atoms with Crippen LogP contribution in [0.5, 0.6) is 0 Å². The van der Waals surface area contributed by atoms with E-state index < -0.39 is 0 Å². The number of rotatable bonds is 6. The van der Waals surface area contributed by atoms with Crippen molar-refractivity contribution in [1.82, 2.24) is 10.6 Å². The summed E-state index contributed by atoms with van der Waals surface area (Å²) in [4.78, 5) is 4.90. The normalized spacial score (nSPS) is 21.8. The molecule has 1 unspecified atom stereocenters. The molecule has 2 aliphatic heterocycles. The number of aliphatic imine (C=N–C) groups is 1. The van der Waals surface area contributed by atoms with Crippen LogP contribution >= 0.6 is 47.2 Å². The molecule has 0 aliphatic carbocycles. The Morgan fingerprint density at radius 1 is 1.21 bits per heavy atom. The van der Waals surface area contributed by atoms with Crippen molar-refractivity contribution in [3.63, 3.8) is 0 Å². The van der Waals surface area contributed by atoms with Crippen molar-refractivity contribution < 1.29 is 9.47 Å². The Hall–Kier alpha value is -0.280. The molecule has 1 aromatic carbocycles. The monoisotopic (exact) mass is 541 g/mol. The van der Waals surface area contributed by atoms with E-state index in [1.165, 1.54) is 0 Å². The second kappa shape index (κ2) is 11.8. The highest BCUT2D eigenvalue weighted by Crippen LogP contribution is 2.39. The predicted octanol–water partition coefficient (Wildman–Crippen LogP) is 4.39. The molecule has 2 aliphatic rings. The van der Waals surface area contributed by atoms with E-state index in [4.69, 9.17) is 37.7 Å². The Bertz CT molecular complexity index is 648. The molecule has 8 heteroatoms. The van der Waals surface area contributed by atoms with Gasteiger partial charge in [0.2, 0.25) is 0 Å². The van der Waals surface area contributed by atoms with Crippen molar-refractivity contribution in [2.24, 2.45) is 4.99 Å². The van der Waals surface area contributed by atoms with E-state index >= 15 is 0 Å². The van der Waals surface area contributed by atoms with Crippen molar-refractivity contribution in [2.75, 3.05) is 39.5 Å². The van der Waals surface area contributed by atoms with Gasteiger partial charge in [0.15, 0.2) is 5.96 Å². The first kappa shape index (κ1) is 24.0. The van der Waals surface area contributed by atoms with Crippen LogP contribution in [-0.2, 0) is 14.9 Å². The van der Waals surface area contributed by atoms with Crippen LogP contribution in [0.4, 0.5) is 0 Å². The topological polar surface area (TPSA) is 54.9 Å². The lowest BCUT2D eigenvalue weighted by molar-refractivity contribution is 0.0531. The zero-order chi connectivity index (χ0) is 19.1. The molecular weight excluding hydrogens is 512 g/mol. The minimum atomic E-state index is -0.133. The van der Waals surface area contributed by atoms with Crippen molar-refractivity contribution >= 4 is 53.1 Å². The average molecular weight is 542 g/mol. The van der Waals surface area contributed by atoms with Crippen LogP contribution in [0.15, 0.2) is 23.2 Å². The van der Waals surface area contributed by atoms with Crippen molar-refractivity contribution in [3.8, 4) is 0 Å². The largest absolute Gasteiger partial charge is 0.381 e. The van der Waals surface area contributed by atoms with E-state index in [2.05, 4.69) is 17.6 Å². The third-order valence-corrected chi connectivity index (χ3v) is 5.91. The first-order valence-corrected chi connectivity index (χ1v) is 10.6. The summed E-state index contributed by atoms with van der Waals surface area (Å²) in [5, 5.41) is 8.12. The Morgan fingerprint density at radius 2 is 2.00 bits per heavy atom. The number of hydrogen-bond acceptors (Lipinski definition) is 3. The lowest BCUT2D eigenvalue weighted by atomic mass is 9.74. The standard InChI is InChI=1S/C20H29Cl2N3O2.HI/c1-2-23-19(24-13-16-4-3-9-27-16)25-14-20(7-10-26-11-8-20)17-6-5-15(21)12-18(17)22;/h5-6,12,16H,2-4,7-11,13-14H2,1H3,(H2,23,24,25);1H. The molecule has 3 rings (SSSR count). The van der Waals surface area contributed by atoms with Crippen LogP contribution in [0.25, 0.3) is 0 Å². The molecule has 0 bridgehead atoms. The summed E-state index contributed by atoms with van der Waals surface area (Å²) < 4.78 is 11.3. The van der Waals surface area contributed by atoms with Gasteiger partial charge in [-0.05, 0) is 50.3 Å². The summed E-state index contributed by atoms with van der Waals surface area (Å²) in [6.07, 6.45) is 4.30. The quantitative estimate of drug-likeness (QED) is 0.318. The fraction of sp³-hybridized carbons (Fsp3) is 0.650. The smallest absolute Gasteiger partial charge is 0.191 e. The molecule has 0 radical (unpaired) electrons. The molecule has 5 nitrogen and oxygen atoms in total. The fourth-order valence-corrected chi connectivity index (χ4v) is 4.39. The SMILES string of the molecule is CCNC(=NCC1(c2ccc(Cl)cc2Cl)CCOCC1)NCC1CCCO1.I. The highest BCUT2D eigenvalue weighted by atomic mass is 127. The minimum absolute atomic E-state index is 0. The number of guanidine groups is 1. The van der Waals surface area contributed by atoms with E-state index in [1.807, 2.05) is 18.2 Å². The van der Waals surface area contributed by atoms with Gasteiger partial charge in [0, 0.05) is 48.4 Å². The molecule has 0 saturated carbocycles. The summed E-state index contributed by atoms with van der Waals surface area (Å²) in [6, 6.07) is 5.77. The van der Waals surface area contributed by atoms with Gasteiger partial charge < -0.3 is 20.1 Å². The minimum Gasteiger partial charge on any atom is -0.381 e. The van der Waals surface area contributed by atoms with Gasteiger partial charge in [-0.15, -0.1) is 24.0 Å². The van der Waals surface area contributed by atoms with Crippen molar-refractivity contribution in [2.45, 2.75) is 44.1 Å². The van der Waals surface area contributed by atoms with Gasteiger partial charge in [-0.25, -0.2) is 0 Å². The molecule has 2 fully saturated rings. The highest BCUT2D eigenvalue weighted by molar-refractivity contribution is 14.0. The second-order valence-corrected chi connectivity index (χ2v) is 8.07. The number of nitrogens with one attached hydrogen (secondary N) is 2. The van der Waals surface area contributed by atoms with E-state index in [9.17, 15) is 0 Å². The van der Waals surface area contributed by atoms with E-state index in [0.29, 0.717) is 29.8 Å². The Morgan fingerprint density at radius 3 is 2.64 bits per heavy atom. The molecular formula is C20H30Cl2IN3O2. The summed E-state index contributed by atoms with van der Waals surface area (Å²) in [5.74, 6) is 0.823. The Labute approximate surface area is 195 Å². The number of ether oxygens (including phenoxy) is 2. The van der Waals surface area contributed by atoms with Crippen LogP contribution in [-0.4, -0.2) is 51.5 Å². The van der Waals surface area contributed by atoms with Gasteiger partial charge in [-0.1, -0.05) is 29.3 Å². The number of benzene rings is 1. The van der Waals surface area contributed by atoms with E-state index in [0.717, 1.165) is 56.9 Å². The maximum Gasteiger partial charge on any atom is 0.191 e. The van der Waals surface area contributed by atoms with Gasteiger partial charge >= 0.3 is 0 Å². The van der Waals surface area contributed by atoms with Crippen LogP contribution in [0.3, 0.4) is 0 Å². The molecule has 0 aromatic heterocycles. The maximum atomic E-state index is 6.55. The molecule has 1 atom stereocenters. The molecule has 2 saturated heterocycles. The van der Waals surface area contributed by atoms with Gasteiger partial charge in [-0.3, -0.25) is 4.99 Å². The first-order valence-electron chi connectivity index (χ1n) is 9.80. The molecule has 0 amide bonds. The van der Waals surface area contributed by atoms with E-state index in [-0.39, 0.29) is 35.5 Å². The lowest BCUT2D eigenvalue weighted by Gasteiger charge is -2.37. The Kier molecular flexibility index (Phi) is 10.1. The highest BCUT2D eigenvalue weighted by Gasteiger charge is 2.36. The zero-order valence-electron chi connectivity index (χ0n) is 16.3. The van der Waals surface area contributed by atoms with Crippen LogP contribution < -0.4 is 10.6 Å². The molecule has 28 heavy (non-hydrogen) atoms. The summed E-state index contributed by atoms with van der Waals surface area (Å²) in [7, 11) is 0. The average Bonchev–Trinajstić information content (AvgIpc) is 3.18. The predicted molar refractivity (Wildman–Crippen MR) is 127 cm³/mol. The van der Waals surface area contributed by atoms with Crippen molar-refractivity contribution in [3.05, 3.63) is 33.8 Å². The zero-order valence-corrected chi connectivity index (χ0v) is 20.2. The number of hydrogen-bond donors (Lipinski definition) is 2. The molecule has 2 N–H and O–H groups in total.